The molecule has 0 bridgehead atoms. The maximum atomic E-state index is 2.47. The molecule has 0 saturated heterocycles. The summed E-state index contributed by atoms with van der Waals surface area (Å²) in [6.45, 7) is 2.06. The van der Waals surface area contributed by atoms with Crippen molar-refractivity contribution in [1.82, 2.24) is 4.57 Å². The Bertz CT molecular complexity index is 769. The second-order valence-corrected chi connectivity index (χ2v) is 6.69. The predicted molar refractivity (Wildman–Crippen MR) is 90.9 cm³/mol. The first-order valence-electron chi connectivity index (χ1n) is 7.77. The van der Waals surface area contributed by atoms with E-state index in [4.69, 9.17) is 0 Å². The third kappa shape index (κ3) is 3.38. The Kier molecular flexibility index (Phi) is 5.23. The predicted octanol–water partition coefficient (Wildman–Crippen LogP) is 0.991. The van der Waals surface area contributed by atoms with Crippen LogP contribution in [0.15, 0.2) is 72.0 Å². The average Bonchev–Trinajstić information content (AvgIpc) is 2.95. The Hall–Kier alpha value is -1.52. The minimum atomic E-state index is 0. The van der Waals surface area contributed by atoms with E-state index in [1.165, 1.54) is 34.2 Å². The number of hydrogen-bond donors (Lipinski definition) is 0. The third-order valence-electron chi connectivity index (χ3n) is 4.07. The van der Waals surface area contributed by atoms with E-state index in [1.807, 2.05) is 11.8 Å². The van der Waals surface area contributed by atoms with Gasteiger partial charge in [0.25, 0.3) is 0 Å². The van der Waals surface area contributed by atoms with Crippen LogP contribution in [0.2, 0.25) is 0 Å². The molecule has 3 aromatic rings. The highest BCUT2D eigenvalue weighted by molar-refractivity contribution is 7.99. The molecule has 0 aliphatic carbocycles. The van der Waals surface area contributed by atoms with Crippen LogP contribution in [-0.4, -0.2) is 10.3 Å². The molecule has 2 heterocycles. The lowest BCUT2D eigenvalue weighted by atomic mass is 10.1. The van der Waals surface area contributed by atoms with Crippen molar-refractivity contribution in [2.45, 2.75) is 24.7 Å². The van der Waals surface area contributed by atoms with Crippen LogP contribution in [-0.2, 0) is 13.1 Å². The zero-order valence-corrected chi connectivity index (χ0v) is 15.3. The molecule has 2 nitrogen and oxygen atoms in total. The van der Waals surface area contributed by atoms with E-state index in [0.29, 0.717) is 0 Å². The van der Waals surface area contributed by atoms with Gasteiger partial charge in [0.05, 0.1) is 6.54 Å². The fourth-order valence-electron chi connectivity index (χ4n) is 3.01. The summed E-state index contributed by atoms with van der Waals surface area (Å²) in [6.07, 6.45) is 3.58. The molecule has 23 heavy (non-hydrogen) atoms. The molecule has 1 aliphatic rings. The van der Waals surface area contributed by atoms with E-state index in [9.17, 15) is 0 Å². The number of imidazole rings is 1. The van der Waals surface area contributed by atoms with Crippen LogP contribution in [0.4, 0.5) is 0 Å². The lowest BCUT2D eigenvalue weighted by Gasteiger charge is -2.09. The molecule has 0 unspecified atom stereocenters. The Morgan fingerprint density at radius 2 is 1.65 bits per heavy atom. The zero-order chi connectivity index (χ0) is 14.8. The van der Waals surface area contributed by atoms with Gasteiger partial charge in [-0.25, -0.2) is 9.13 Å². The first-order chi connectivity index (χ1) is 10.9. The zero-order valence-electron chi connectivity index (χ0n) is 12.9. The second kappa shape index (κ2) is 7.37. The van der Waals surface area contributed by atoms with Crippen molar-refractivity contribution in [3.8, 4) is 11.3 Å². The quantitative estimate of drug-likeness (QED) is 0.609. The van der Waals surface area contributed by atoms with E-state index in [0.717, 1.165) is 13.1 Å². The Morgan fingerprint density at radius 1 is 0.957 bits per heavy atom. The van der Waals surface area contributed by atoms with Gasteiger partial charge in [-0.2, -0.15) is 0 Å². The first kappa shape index (κ1) is 16.3. The van der Waals surface area contributed by atoms with Gasteiger partial charge < -0.3 is 17.0 Å². The summed E-state index contributed by atoms with van der Waals surface area (Å²) in [5.74, 6) is 1.22. The Balaban J connectivity index is 0.00000156. The number of benzene rings is 2. The van der Waals surface area contributed by atoms with Gasteiger partial charge in [-0.15, -0.1) is 0 Å². The summed E-state index contributed by atoms with van der Waals surface area (Å²) in [7, 11) is 0. The number of halogens is 1. The number of aryl methyl sites for hydroxylation is 1. The average molecular weight is 387 g/mol. The number of thioether (sulfide) groups is 1. The van der Waals surface area contributed by atoms with Gasteiger partial charge in [-0.05, 0) is 23.7 Å². The van der Waals surface area contributed by atoms with E-state index in [2.05, 4.69) is 76.0 Å². The summed E-state index contributed by atoms with van der Waals surface area (Å²) >= 11 is 1.98. The van der Waals surface area contributed by atoms with E-state index >= 15 is 0 Å². The van der Waals surface area contributed by atoms with Crippen molar-refractivity contribution >= 4 is 11.8 Å². The van der Waals surface area contributed by atoms with E-state index in [-0.39, 0.29) is 17.0 Å². The minimum Gasteiger partial charge on any atom is -1.00 e. The maximum absolute atomic E-state index is 2.47. The summed E-state index contributed by atoms with van der Waals surface area (Å²) < 4.78 is 4.88. The molecular formula is C19H19BrN2S. The molecule has 0 atom stereocenters. The molecule has 4 rings (SSSR count). The molecule has 0 amide bonds. The van der Waals surface area contributed by atoms with Crippen LogP contribution in [0.1, 0.15) is 12.0 Å². The fourth-order valence-corrected chi connectivity index (χ4v) is 4.09. The van der Waals surface area contributed by atoms with Crippen LogP contribution in [0.5, 0.6) is 0 Å². The van der Waals surface area contributed by atoms with Crippen LogP contribution in [0, 0.1) is 0 Å². The van der Waals surface area contributed by atoms with Crippen LogP contribution in [0.3, 0.4) is 0 Å². The molecule has 0 saturated carbocycles. The summed E-state index contributed by atoms with van der Waals surface area (Å²) in [6, 6.07) is 21.4. The molecule has 0 N–H and O–H groups in total. The SMILES string of the molecule is [Br-].c1ccc(Cn2c(-c3ccccc3)c[n+]3c2SCCC3)cc1. The minimum absolute atomic E-state index is 0. The van der Waals surface area contributed by atoms with Crippen LogP contribution in [0.25, 0.3) is 11.3 Å². The number of nitrogens with zero attached hydrogens (tertiary/aromatic N) is 2. The van der Waals surface area contributed by atoms with Crippen molar-refractivity contribution in [2.24, 2.45) is 0 Å². The van der Waals surface area contributed by atoms with Crippen LogP contribution < -0.4 is 21.5 Å². The molecule has 2 aromatic carbocycles. The highest BCUT2D eigenvalue weighted by Gasteiger charge is 2.27. The Labute approximate surface area is 151 Å². The monoisotopic (exact) mass is 386 g/mol. The van der Waals surface area contributed by atoms with Crippen molar-refractivity contribution in [2.75, 3.05) is 5.75 Å². The van der Waals surface area contributed by atoms with Crippen molar-refractivity contribution in [3.05, 3.63) is 72.4 Å². The largest absolute Gasteiger partial charge is 1.00 e. The highest BCUT2D eigenvalue weighted by Crippen LogP contribution is 2.28. The van der Waals surface area contributed by atoms with Gasteiger partial charge in [0.1, 0.15) is 12.7 Å². The molecule has 118 valence electrons. The maximum Gasteiger partial charge on any atom is 0.318 e. The topological polar surface area (TPSA) is 8.81 Å². The van der Waals surface area contributed by atoms with Crippen molar-refractivity contribution in [3.63, 3.8) is 0 Å². The number of fused-ring (bicyclic) bond motifs is 1. The molecule has 0 spiro atoms. The third-order valence-corrected chi connectivity index (χ3v) is 5.28. The fraction of sp³-hybridized carbons (Fsp3) is 0.211. The summed E-state index contributed by atoms with van der Waals surface area (Å²) in [5, 5.41) is 1.38. The van der Waals surface area contributed by atoms with Crippen molar-refractivity contribution < 1.29 is 21.5 Å². The lowest BCUT2D eigenvalue weighted by molar-refractivity contribution is -0.734. The normalized spacial score (nSPS) is 13.2. The Morgan fingerprint density at radius 3 is 2.39 bits per heavy atom. The van der Waals surface area contributed by atoms with Gasteiger partial charge in [0.2, 0.25) is 0 Å². The van der Waals surface area contributed by atoms with Crippen LogP contribution >= 0.6 is 11.8 Å². The van der Waals surface area contributed by atoms with Crippen molar-refractivity contribution in [1.29, 1.82) is 0 Å². The van der Waals surface area contributed by atoms with E-state index < -0.39 is 0 Å². The number of aromatic nitrogens is 2. The standard InChI is InChI=1S/C19H19N2S.BrH/c1-3-8-16(9-4-1)14-21-18(17-10-5-2-6-11-17)15-20-12-7-13-22-19(20)21;/h1-6,8-11,15H,7,12-14H2;1H/q+1;/p-1. The highest BCUT2D eigenvalue weighted by atomic mass is 79.9. The second-order valence-electron chi connectivity index (χ2n) is 5.63. The van der Waals surface area contributed by atoms with Gasteiger partial charge >= 0.3 is 5.16 Å². The number of hydrogen-bond acceptors (Lipinski definition) is 1. The molecule has 4 heteroatoms. The van der Waals surface area contributed by atoms with Gasteiger partial charge in [0, 0.05) is 11.3 Å². The first-order valence-corrected chi connectivity index (χ1v) is 8.75. The lowest BCUT2D eigenvalue weighted by Crippen LogP contribution is -3.00. The van der Waals surface area contributed by atoms with Gasteiger partial charge in [-0.3, -0.25) is 0 Å². The summed E-state index contributed by atoms with van der Waals surface area (Å²) in [5.41, 5.74) is 3.96. The molecule has 0 radical (unpaired) electrons. The summed E-state index contributed by atoms with van der Waals surface area (Å²) in [4.78, 5) is 0. The molecule has 1 aliphatic heterocycles. The number of rotatable bonds is 3. The smallest absolute Gasteiger partial charge is 0.318 e. The molecule has 1 aromatic heterocycles. The molecule has 0 fully saturated rings. The molecular weight excluding hydrogens is 368 g/mol. The van der Waals surface area contributed by atoms with Gasteiger partial charge in [-0.1, -0.05) is 60.7 Å². The van der Waals surface area contributed by atoms with Gasteiger partial charge in [0.15, 0.2) is 5.69 Å². The van der Waals surface area contributed by atoms with E-state index in [1.54, 1.807) is 0 Å².